The molecule has 10 heteroatoms. The molecule has 144 valence electrons. The minimum Gasteiger partial charge on any atom is -0.298 e. The summed E-state index contributed by atoms with van der Waals surface area (Å²) in [6, 6.07) is 9.97. The van der Waals surface area contributed by atoms with Gasteiger partial charge in [-0.3, -0.25) is 20.2 Å². The Balaban J connectivity index is 1.82. The van der Waals surface area contributed by atoms with Crippen molar-refractivity contribution in [2.75, 3.05) is 5.32 Å². The molecule has 28 heavy (non-hydrogen) atoms. The van der Waals surface area contributed by atoms with Crippen LogP contribution in [0.2, 0.25) is 0 Å². The van der Waals surface area contributed by atoms with Gasteiger partial charge in [-0.2, -0.15) is 0 Å². The van der Waals surface area contributed by atoms with Crippen molar-refractivity contribution in [2.45, 2.75) is 23.0 Å². The van der Waals surface area contributed by atoms with Crippen LogP contribution in [0.1, 0.15) is 21.5 Å². The molecule has 1 aromatic heterocycles. The first-order valence-corrected chi connectivity index (χ1v) is 10.3. The van der Waals surface area contributed by atoms with Gasteiger partial charge in [-0.05, 0) is 38.1 Å². The molecule has 1 N–H and O–H groups in total. The zero-order chi connectivity index (χ0) is 20.5. The van der Waals surface area contributed by atoms with Gasteiger partial charge in [0.05, 0.1) is 16.0 Å². The fraction of sp³-hybridized carbons (Fsp3) is 0.111. The van der Waals surface area contributed by atoms with Gasteiger partial charge in [0.25, 0.3) is 11.6 Å². The van der Waals surface area contributed by atoms with Gasteiger partial charge < -0.3 is 0 Å². The van der Waals surface area contributed by atoms with Crippen molar-refractivity contribution < 1.29 is 18.1 Å². The maximum absolute atomic E-state index is 12.7. The van der Waals surface area contributed by atoms with E-state index in [0.29, 0.717) is 5.56 Å². The highest BCUT2D eigenvalue weighted by Gasteiger charge is 2.22. The molecule has 0 fully saturated rings. The van der Waals surface area contributed by atoms with Crippen LogP contribution in [0, 0.1) is 24.0 Å². The predicted molar refractivity (Wildman–Crippen MR) is 105 cm³/mol. The van der Waals surface area contributed by atoms with Crippen LogP contribution in [0.15, 0.2) is 57.8 Å². The van der Waals surface area contributed by atoms with Gasteiger partial charge >= 0.3 is 0 Å². The fourth-order valence-electron chi connectivity index (χ4n) is 2.58. The van der Waals surface area contributed by atoms with Gasteiger partial charge in [0.15, 0.2) is 5.13 Å². The molecular formula is C18H15N3O5S2. The number of aromatic nitrogens is 1. The number of hydrogen-bond acceptors (Lipinski definition) is 7. The number of non-ortho nitro benzene ring substituents is 1. The van der Waals surface area contributed by atoms with Crippen LogP contribution in [0.5, 0.6) is 0 Å². The Morgan fingerprint density at radius 2 is 1.71 bits per heavy atom. The Bertz CT molecular complexity index is 1150. The highest BCUT2D eigenvalue weighted by atomic mass is 32.2. The molecule has 0 radical (unpaired) electrons. The van der Waals surface area contributed by atoms with Gasteiger partial charge in [-0.25, -0.2) is 13.4 Å². The van der Waals surface area contributed by atoms with E-state index in [9.17, 15) is 23.3 Å². The molecule has 0 saturated carbocycles. The molecule has 8 nitrogen and oxygen atoms in total. The third-order valence-electron chi connectivity index (χ3n) is 3.81. The molecule has 0 aliphatic carbocycles. The molecule has 0 saturated heterocycles. The molecule has 3 aromatic rings. The lowest BCUT2D eigenvalue weighted by Gasteiger charge is -2.04. The standard InChI is InChI=1S/C18H15N3O5S2/c1-11-7-12(2)9-13(8-11)17(22)20-18-19-10-16(27-18)28(25,26)15-5-3-14(4-6-15)21(23)24/h3-10H,1-2H3,(H,19,20,22). The van der Waals surface area contributed by atoms with Crippen LogP contribution >= 0.6 is 11.3 Å². The Hall–Kier alpha value is -3.11. The van der Waals surface area contributed by atoms with Crippen LogP contribution in [-0.2, 0) is 9.84 Å². The van der Waals surface area contributed by atoms with Crippen LogP contribution in [0.25, 0.3) is 0 Å². The zero-order valence-electron chi connectivity index (χ0n) is 14.9. The molecule has 0 aliphatic rings. The molecule has 1 amide bonds. The summed E-state index contributed by atoms with van der Waals surface area (Å²) in [5.41, 5.74) is 2.12. The fourth-order valence-corrected chi connectivity index (χ4v) is 5.01. The number of anilines is 1. The third-order valence-corrected chi connectivity index (χ3v) is 6.96. The van der Waals surface area contributed by atoms with E-state index in [4.69, 9.17) is 0 Å². The first kappa shape index (κ1) is 19.6. The molecule has 2 aromatic carbocycles. The van der Waals surface area contributed by atoms with Gasteiger partial charge in [0.2, 0.25) is 9.84 Å². The molecule has 0 aliphatic heterocycles. The van der Waals surface area contributed by atoms with Crippen LogP contribution in [0.3, 0.4) is 0 Å². The van der Waals surface area contributed by atoms with Crippen molar-refractivity contribution in [3.63, 3.8) is 0 Å². The van der Waals surface area contributed by atoms with E-state index in [0.717, 1.165) is 40.8 Å². The van der Waals surface area contributed by atoms with E-state index in [1.807, 2.05) is 19.9 Å². The van der Waals surface area contributed by atoms with Crippen molar-refractivity contribution in [1.29, 1.82) is 0 Å². The Morgan fingerprint density at radius 1 is 1.11 bits per heavy atom. The zero-order valence-corrected chi connectivity index (χ0v) is 16.5. The number of hydrogen-bond donors (Lipinski definition) is 1. The number of carbonyl (C=O) groups is 1. The first-order chi connectivity index (χ1) is 13.2. The van der Waals surface area contributed by atoms with E-state index in [1.165, 1.54) is 12.1 Å². The summed E-state index contributed by atoms with van der Waals surface area (Å²) in [7, 11) is -3.89. The van der Waals surface area contributed by atoms with Crippen molar-refractivity contribution >= 4 is 37.9 Å². The second-order valence-electron chi connectivity index (χ2n) is 6.07. The average molecular weight is 417 g/mol. The second kappa shape index (κ2) is 7.49. The smallest absolute Gasteiger partial charge is 0.269 e. The maximum Gasteiger partial charge on any atom is 0.269 e. The van der Waals surface area contributed by atoms with E-state index >= 15 is 0 Å². The lowest BCUT2D eigenvalue weighted by Crippen LogP contribution is -2.12. The number of nitro groups is 1. The third kappa shape index (κ3) is 4.07. The highest BCUT2D eigenvalue weighted by molar-refractivity contribution is 7.93. The molecule has 3 rings (SSSR count). The summed E-state index contributed by atoms with van der Waals surface area (Å²) in [4.78, 5) is 26.4. The minimum atomic E-state index is -3.89. The number of nitrogens with zero attached hydrogens (tertiary/aromatic N) is 2. The number of sulfone groups is 1. The minimum absolute atomic E-state index is 0.0722. The monoisotopic (exact) mass is 417 g/mol. The van der Waals surface area contributed by atoms with Gasteiger partial charge in [0.1, 0.15) is 4.21 Å². The first-order valence-electron chi connectivity index (χ1n) is 8.02. The molecular weight excluding hydrogens is 402 g/mol. The van der Waals surface area contributed by atoms with E-state index in [1.54, 1.807) is 12.1 Å². The van der Waals surface area contributed by atoms with E-state index in [-0.39, 0.29) is 25.8 Å². The summed E-state index contributed by atoms with van der Waals surface area (Å²) in [6.07, 6.45) is 1.15. The number of carbonyl (C=O) groups excluding carboxylic acids is 1. The highest BCUT2D eigenvalue weighted by Crippen LogP contribution is 2.29. The lowest BCUT2D eigenvalue weighted by molar-refractivity contribution is -0.384. The molecule has 0 atom stereocenters. The van der Waals surface area contributed by atoms with Crippen molar-refractivity contribution in [1.82, 2.24) is 4.98 Å². The number of thiazole rings is 1. The maximum atomic E-state index is 12.7. The molecule has 0 spiro atoms. The largest absolute Gasteiger partial charge is 0.298 e. The number of amides is 1. The Kier molecular flexibility index (Phi) is 5.25. The summed E-state index contributed by atoms with van der Waals surface area (Å²) >= 11 is 0.812. The SMILES string of the molecule is Cc1cc(C)cc(C(=O)Nc2ncc(S(=O)(=O)c3ccc([N+](=O)[O-])cc3)s2)c1. The van der Waals surface area contributed by atoms with Crippen molar-refractivity contribution in [3.8, 4) is 0 Å². The van der Waals surface area contributed by atoms with Gasteiger partial charge in [0, 0.05) is 17.7 Å². The van der Waals surface area contributed by atoms with Crippen LogP contribution in [0.4, 0.5) is 10.8 Å². The molecule has 1 heterocycles. The summed E-state index contributed by atoms with van der Waals surface area (Å²) in [6.45, 7) is 3.75. The van der Waals surface area contributed by atoms with E-state index in [2.05, 4.69) is 10.3 Å². The predicted octanol–water partition coefficient (Wildman–Crippen LogP) is 3.75. The van der Waals surface area contributed by atoms with Crippen molar-refractivity contribution in [2.24, 2.45) is 0 Å². The lowest BCUT2D eigenvalue weighted by atomic mass is 10.1. The second-order valence-corrected chi connectivity index (χ2v) is 9.28. The summed E-state index contributed by atoms with van der Waals surface area (Å²) < 4.78 is 25.3. The number of benzene rings is 2. The van der Waals surface area contributed by atoms with Gasteiger partial charge in [-0.15, -0.1) is 0 Å². The number of aryl methyl sites for hydroxylation is 2. The summed E-state index contributed by atoms with van der Waals surface area (Å²) in [5, 5.41) is 13.4. The van der Waals surface area contributed by atoms with Crippen LogP contribution in [-0.4, -0.2) is 24.2 Å². The Labute approximate surface area is 164 Å². The average Bonchev–Trinajstić information content (AvgIpc) is 3.10. The Morgan fingerprint density at radius 3 is 2.29 bits per heavy atom. The number of nitro benzene ring substituents is 1. The normalized spacial score (nSPS) is 11.2. The molecule has 0 bridgehead atoms. The quantitative estimate of drug-likeness (QED) is 0.499. The van der Waals surface area contributed by atoms with Gasteiger partial charge in [-0.1, -0.05) is 28.5 Å². The number of rotatable bonds is 5. The topological polar surface area (TPSA) is 119 Å². The van der Waals surface area contributed by atoms with Crippen LogP contribution < -0.4 is 5.32 Å². The summed E-state index contributed by atoms with van der Waals surface area (Å²) in [5.74, 6) is -0.388. The van der Waals surface area contributed by atoms with Crippen molar-refractivity contribution in [3.05, 3.63) is 75.5 Å². The van der Waals surface area contributed by atoms with E-state index < -0.39 is 14.8 Å². The number of nitrogens with one attached hydrogen (secondary N) is 1. The molecule has 0 unspecified atom stereocenters.